The number of nitrogens with two attached hydrogens (primary N) is 2. The Labute approximate surface area is 141 Å². The average molecular weight is 318 g/mol. The summed E-state index contributed by atoms with van der Waals surface area (Å²) in [5.74, 6) is 0. The van der Waals surface area contributed by atoms with Gasteiger partial charge in [0.2, 0.25) is 0 Å². The molecule has 0 radical (unpaired) electrons. The van der Waals surface area contributed by atoms with Crippen molar-refractivity contribution in [2.45, 2.75) is 31.6 Å². The van der Waals surface area contributed by atoms with E-state index in [0.29, 0.717) is 6.42 Å². The maximum atomic E-state index is 6.49. The van der Waals surface area contributed by atoms with E-state index in [1.807, 2.05) is 12.2 Å². The zero-order valence-electron chi connectivity index (χ0n) is 13.8. The number of dihydropyridines is 1. The molecule has 2 unspecified atom stereocenters. The largest absolute Gasteiger partial charge is 0.341 e. The van der Waals surface area contributed by atoms with Crippen molar-refractivity contribution < 1.29 is 0 Å². The molecule has 4 rings (SSSR count). The first-order chi connectivity index (χ1) is 11.6. The fraction of sp³-hybridized carbons (Fsp3) is 0.250. The molecule has 1 aromatic heterocycles. The summed E-state index contributed by atoms with van der Waals surface area (Å²) in [4.78, 5) is 4.25. The average Bonchev–Trinajstić information content (AvgIpc) is 2.91. The molecule has 0 spiro atoms. The number of allylic oxidation sites excluding steroid dienone is 1. The number of hydrogen-bond donors (Lipinski definition) is 2. The molecule has 122 valence electrons. The maximum Gasteiger partial charge on any atom is 0.119 e. The quantitative estimate of drug-likeness (QED) is 0.779. The Hall–Kier alpha value is -2.43. The van der Waals surface area contributed by atoms with E-state index in [-0.39, 0.29) is 0 Å². The van der Waals surface area contributed by atoms with Crippen LogP contribution in [0, 0.1) is 0 Å². The first kappa shape index (κ1) is 15.1. The van der Waals surface area contributed by atoms with E-state index in [9.17, 15) is 0 Å². The second kappa shape index (κ2) is 5.58. The molecule has 0 fully saturated rings. The molecular weight excluding hydrogens is 296 g/mol. The highest BCUT2D eigenvalue weighted by molar-refractivity contribution is 6.08. The number of nitrogens with zero attached hydrogens (tertiary/aromatic N) is 2. The summed E-state index contributed by atoms with van der Waals surface area (Å²) >= 11 is 0. The minimum Gasteiger partial charge on any atom is -0.341 e. The first-order valence-electron chi connectivity index (χ1n) is 8.38. The van der Waals surface area contributed by atoms with Crippen LogP contribution in [0.2, 0.25) is 0 Å². The van der Waals surface area contributed by atoms with Gasteiger partial charge in [-0.05, 0) is 43.2 Å². The molecule has 0 aliphatic carbocycles. The number of fused-ring (bicyclic) bond motifs is 3. The normalized spacial score (nSPS) is 23.4. The van der Waals surface area contributed by atoms with Crippen molar-refractivity contribution in [2.24, 2.45) is 16.5 Å². The maximum absolute atomic E-state index is 6.49. The van der Waals surface area contributed by atoms with Crippen LogP contribution in [0.25, 0.3) is 21.8 Å². The molecule has 4 heteroatoms. The second-order valence-electron chi connectivity index (χ2n) is 6.50. The summed E-state index contributed by atoms with van der Waals surface area (Å²) in [6.07, 6.45) is 5.82. The Bertz CT molecular complexity index is 966. The Kier molecular flexibility index (Phi) is 3.52. The van der Waals surface area contributed by atoms with Gasteiger partial charge >= 0.3 is 0 Å². The molecule has 4 N–H and O–H groups in total. The standard InChI is InChI=1S/C20H22N4/c1-2-24-17-7-4-3-6-15(17)16-12-14(8-9-18(16)24)13-20(22)10-5-11-23-19(20)21/h3-12,19H,2,13,21-22H2,1H3. The molecule has 0 amide bonds. The van der Waals surface area contributed by atoms with Gasteiger partial charge in [-0.3, -0.25) is 4.99 Å². The highest BCUT2D eigenvalue weighted by Crippen LogP contribution is 2.31. The number of rotatable bonds is 3. The van der Waals surface area contributed by atoms with Gasteiger partial charge in [-0.1, -0.05) is 30.3 Å². The summed E-state index contributed by atoms with van der Waals surface area (Å²) in [5, 5.41) is 2.55. The van der Waals surface area contributed by atoms with E-state index in [0.717, 1.165) is 6.54 Å². The van der Waals surface area contributed by atoms with Gasteiger partial charge in [0.05, 0.1) is 5.54 Å². The van der Waals surface area contributed by atoms with Gasteiger partial charge < -0.3 is 16.0 Å². The van der Waals surface area contributed by atoms with E-state index in [1.54, 1.807) is 6.21 Å². The Morgan fingerprint density at radius 1 is 1.12 bits per heavy atom. The lowest BCUT2D eigenvalue weighted by Gasteiger charge is -2.31. The van der Waals surface area contributed by atoms with Gasteiger partial charge in [-0.2, -0.15) is 0 Å². The van der Waals surface area contributed by atoms with Gasteiger partial charge in [-0.15, -0.1) is 0 Å². The molecular formula is C20H22N4. The third kappa shape index (κ3) is 2.27. The Morgan fingerprint density at radius 2 is 1.92 bits per heavy atom. The van der Waals surface area contributed by atoms with Crippen molar-refractivity contribution in [2.75, 3.05) is 0 Å². The van der Waals surface area contributed by atoms with Crippen molar-refractivity contribution >= 4 is 28.0 Å². The lowest BCUT2D eigenvalue weighted by atomic mass is 9.87. The van der Waals surface area contributed by atoms with E-state index < -0.39 is 11.7 Å². The highest BCUT2D eigenvalue weighted by Gasteiger charge is 2.31. The molecule has 0 saturated heterocycles. The third-order valence-corrected chi connectivity index (χ3v) is 4.95. The van der Waals surface area contributed by atoms with Gasteiger partial charge in [0.1, 0.15) is 6.17 Å². The molecule has 4 nitrogen and oxygen atoms in total. The summed E-state index contributed by atoms with van der Waals surface area (Å²) < 4.78 is 2.35. The number of benzene rings is 2. The lowest BCUT2D eigenvalue weighted by molar-refractivity contribution is 0.426. The predicted molar refractivity (Wildman–Crippen MR) is 101 cm³/mol. The molecule has 0 bridgehead atoms. The van der Waals surface area contributed by atoms with E-state index in [1.165, 1.54) is 27.4 Å². The molecule has 2 atom stereocenters. The van der Waals surface area contributed by atoms with Crippen molar-refractivity contribution in [3.05, 3.63) is 60.2 Å². The third-order valence-electron chi connectivity index (χ3n) is 4.95. The van der Waals surface area contributed by atoms with Gasteiger partial charge in [-0.25, -0.2) is 0 Å². The molecule has 2 heterocycles. The van der Waals surface area contributed by atoms with Crippen LogP contribution in [0.15, 0.2) is 59.6 Å². The minimum atomic E-state index is -0.633. The monoisotopic (exact) mass is 318 g/mol. The lowest BCUT2D eigenvalue weighted by Crippen LogP contribution is -2.55. The zero-order valence-corrected chi connectivity index (χ0v) is 13.8. The molecule has 0 saturated carbocycles. The number of aromatic nitrogens is 1. The molecule has 24 heavy (non-hydrogen) atoms. The molecule has 3 aromatic rings. The van der Waals surface area contributed by atoms with Crippen molar-refractivity contribution in [1.29, 1.82) is 0 Å². The second-order valence-corrected chi connectivity index (χ2v) is 6.50. The van der Waals surface area contributed by atoms with Gasteiger partial charge in [0.25, 0.3) is 0 Å². The first-order valence-corrected chi connectivity index (χ1v) is 8.38. The van der Waals surface area contributed by atoms with Crippen LogP contribution in [-0.2, 0) is 13.0 Å². The predicted octanol–water partition coefficient (Wildman–Crippen LogP) is 2.98. The number of hydrogen-bond acceptors (Lipinski definition) is 3. The fourth-order valence-corrected chi connectivity index (χ4v) is 3.67. The molecule has 2 aromatic carbocycles. The topological polar surface area (TPSA) is 69.3 Å². The smallest absolute Gasteiger partial charge is 0.119 e. The SMILES string of the molecule is CCn1c2ccccc2c2cc(CC3(N)C=CC=NC3N)ccc21. The van der Waals surface area contributed by atoms with Crippen molar-refractivity contribution in [1.82, 2.24) is 4.57 Å². The van der Waals surface area contributed by atoms with Crippen LogP contribution in [-0.4, -0.2) is 22.5 Å². The summed E-state index contributed by atoms with van der Waals surface area (Å²) in [5.41, 5.74) is 15.7. The highest BCUT2D eigenvalue weighted by atomic mass is 15.0. The number of para-hydroxylation sites is 1. The van der Waals surface area contributed by atoms with Crippen LogP contribution in [0.1, 0.15) is 12.5 Å². The summed E-state index contributed by atoms with van der Waals surface area (Å²) in [6.45, 7) is 3.13. The zero-order chi connectivity index (χ0) is 16.7. The van der Waals surface area contributed by atoms with Crippen LogP contribution < -0.4 is 11.5 Å². The Balaban J connectivity index is 1.83. The van der Waals surface area contributed by atoms with Crippen molar-refractivity contribution in [3.8, 4) is 0 Å². The fourth-order valence-electron chi connectivity index (χ4n) is 3.67. The van der Waals surface area contributed by atoms with Crippen LogP contribution in [0.4, 0.5) is 0 Å². The summed E-state index contributed by atoms with van der Waals surface area (Å²) in [7, 11) is 0. The number of aryl methyl sites for hydroxylation is 1. The van der Waals surface area contributed by atoms with Crippen LogP contribution in [0.3, 0.4) is 0 Å². The molecule has 1 aliphatic rings. The number of aliphatic imine (C=N–C) groups is 1. The van der Waals surface area contributed by atoms with Gasteiger partial charge in [0, 0.05) is 34.6 Å². The van der Waals surface area contributed by atoms with Crippen LogP contribution >= 0.6 is 0 Å². The van der Waals surface area contributed by atoms with E-state index >= 15 is 0 Å². The van der Waals surface area contributed by atoms with Crippen LogP contribution in [0.5, 0.6) is 0 Å². The van der Waals surface area contributed by atoms with E-state index in [2.05, 4.69) is 58.9 Å². The van der Waals surface area contributed by atoms with Gasteiger partial charge in [0.15, 0.2) is 0 Å². The van der Waals surface area contributed by atoms with E-state index in [4.69, 9.17) is 11.5 Å². The van der Waals surface area contributed by atoms with Crippen molar-refractivity contribution in [3.63, 3.8) is 0 Å². The minimum absolute atomic E-state index is 0.407. The summed E-state index contributed by atoms with van der Waals surface area (Å²) in [6, 6.07) is 15.1. The molecule has 1 aliphatic heterocycles. The Morgan fingerprint density at radius 3 is 2.71 bits per heavy atom.